The Labute approximate surface area is 143 Å². The zero-order chi connectivity index (χ0) is 17.8. The molecule has 0 bridgehead atoms. The predicted octanol–water partition coefficient (Wildman–Crippen LogP) is 3.59. The highest BCUT2D eigenvalue weighted by molar-refractivity contribution is 5.30. The first-order valence-electron chi connectivity index (χ1n) is 8.51. The molecule has 0 saturated heterocycles. The van der Waals surface area contributed by atoms with Crippen LogP contribution in [0.15, 0.2) is 24.3 Å². The molecule has 0 fully saturated rings. The number of hydrogen-bond acceptors (Lipinski definition) is 4. The zero-order valence-corrected chi connectivity index (χ0v) is 14.9. The highest BCUT2D eigenvalue weighted by atomic mass is 19.1. The van der Waals surface area contributed by atoms with E-state index in [2.05, 4.69) is 24.7 Å². The van der Waals surface area contributed by atoms with Gasteiger partial charge in [-0.15, -0.1) is 0 Å². The van der Waals surface area contributed by atoms with E-state index in [1.807, 2.05) is 19.1 Å². The highest BCUT2D eigenvalue weighted by Crippen LogP contribution is 2.20. The second-order valence-electron chi connectivity index (χ2n) is 6.24. The Morgan fingerprint density at radius 1 is 1.12 bits per heavy atom. The largest absolute Gasteiger partial charge is 0.485 e. The smallest absolute Gasteiger partial charge is 0.155 e. The lowest BCUT2D eigenvalue weighted by Gasteiger charge is -2.18. The summed E-state index contributed by atoms with van der Waals surface area (Å²) in [7, 11) is 0. The molecule has 0 aliphatic heterocycles. The molecular weight excluding hydrogens is 314 g/mol. The SMILES string of the molecule is CC(C)COCCCNNC(C)c1cccc(OC(CF)CF)c1. The molecule has 0 amide bonds. The van der Waals surface area contributed by atoms with Gasteiger partial charge in [0.1, 0.15) is 19.1 Å². The second kappa shape index (κ2) is 12.2. The van der Waals surface area contributed by atoms with E-state index in [-0.39, 0.29) is 6.04 Å². The van der Waals surface area contributed by atoms with Crippen LogP contribution in [0.2, 0.25) is 0 Å². The van der Waals surface area contributed by atoms with Crippen molar-refractivity contribution < 1.29 is 18.3 Å². The number of nitrogens with one attached hydrogen (secondary N) is 2. The summed E-state index contributed by atoms with van der Waals surface area (Å²) < 4.78 is 35.9. The fraction of sp³-hybridized carbons (Fsp3) is 0.667. The van der Waals surface area contributed by atoms with Gasteiger partial charge in [-0.25, -0.2) is 8.78 Å². The van der Waals surface area contributed by atoms with Gasteiger partial charge in [0.15, 0.2) is 6.10 Å². The molecule has 1 aromatic rings. The first-order chi connectivity index (χ1) is 11.6. The molecule has 0 aliphatic rings. The van der Waals surface area contributed by atoms with Crippen LogP contribution in [0, 0.1) is 5.92 Å². The van der Waals surface area contributed by atoms with Gasteiger partial charge < -0.3 is 9.47 Å². The molecule has 0 spiro atoms. The number of ether oxygens (including phenoxy) is 2. The van der Waals surface area contributed by atoms with Crippen molar-refractivity contribution in [1.29, 1.82) is 0 Å². The number of halogens is 2. The summed E-state index contributed by atoms with van der Waals surface area (Å²) in [6, 6.07) is 7.30. The summed E-state index contributed by atoms with van der Waals surface area (Å²) in [6.45, 7) is 6.90. The van der Waals surface area contributed by atoms with Crippen LogP contribution in [0.4, 0.5) is 8.78 Å². The molecule has 1 atom stereocenters. The van der Waals surface area contributed by atoms with Gasteiger partial charge >= 0.3 is 0 Å². The maximum Gasteiger partial charge on any atom is 0.155 e. The normalized spacial score (nSPS) is 12.8. The van der Waals surface area contributed by atoms with Gasteiger partial charge in [0.2, 0.25) is 0 Å². The third-order valence-corrected chi connectivity index (χ3v) is 3.37. The molecule has 1 aromatic carbocycles. The third-order valence-electron chi connectivity index (χ3n) is 3.37. The minimum Gasteiger partial charge on any atom is -0.485 e. The molecule has 1 rings (SSSR count). The van der Waals surface area contributed by atoms with Crippen LogP contribution < -0.4 is 15.6 Å². The molecular formula is C18H30F2N2O2. The quantitative estimate of drug-likeness (QED) is 0.424. The first-order valence-corrected chi connectivity index (χ1v) is 8.51. The summed E-state index contributed by atoms with van der Waals surface area (Å²) in [5.74, 6) is 1.03. The maximum atomic E-state index is 12.5. The Hall–Kier alpha value is -1.24. The average molecular weight is 344 g/mol. The van der Waals surface area contributed by atoms with Crippen molar-refractivity contribution in [2.24, 2.45) is 5.92 Å². The van der Waals surface area contributed by atoms with Crippen molar-refractivity contribution >= 4 is 0 Å². The average Bonchev–Trinajstić information content (AvgIpc) is 2.58. The van der Waals surface area contributed by atoms with Gasteiger partial charge in [-0.1, -0.05) is 26.0 Å². The van der Waals surface area contributed by atoms with E-state index >= 15 is 0 Å². The standard InChI is InChI=1S/C18H30F2N2O2/c1-14(2)13-23-9-5-8-21-22-15(3)16-6-4-7-17(10-16)24-18(11-19)12-20/h4,6-7,10,14-15,18,21-22H,5,8-9,11-13H2,1-3H3. The van der Waals surface area contributed by atoms with Crippen LogP contribution in [0.1, 0.15) is 38.8 Å². The van der Waals surface area contributed by atoms with Crippen LogP contribution in [0.3, 0.4) is 0 Å². The molecule has 0 heterocycles. The fourth-order valence-electron chi connectivity index (χ4n) is 2.04. The van der Waals surface area contributed by atoms with E-state index in [4.69, 9.17) is 9.47 Å². The van der Waals surface area contributed by atoms with Crippen LogP contribution >= 0.6 is 0 Å². The Morgan fingerprint density at radius 2 is 1.88 bits per heavy atom. The summed E-state index contributed by atoms with van der Waals surface area (Å²) in [5, 5.41) is 0. The van der Waals surface area contributed by atoms with Crippen molar-refractivity contribution in [3.8, 4) is 5.75 Å². The van der Waals surface area contributed by atoms with Crippen LogP contribution in [-0.2, 0) is 4.74 Å². The number of hydrogen-bond donors (Lipinski definition) is 2. The van der Waals surface area contributed by atoms with E-state index in [9.17, 15) is 8.78 Å². The van der Waals surface area contributed by atoms with Gasteiger partial charge in [0, 0.05) is 25.8 Å². The second-order valence-corrected chi connectivity index (χ2v) is 6.24. The van der Waals surface area contributed by atoms with Crippen LogP contribution in [0.5, 0.6) is 5.75 Å². The summed E-state index contributed by atoms with van der Waals surface area (Å²) in [4.78, 5) is 0. The monoisotopic (exact) mass is 344 g/mol. The van der Waals surface area contributed by atoms with Gasteiger partial charge in [-0.05, 0) is 37.0 Å². The Morgan fingerprint density at radius 3 is 2.54 bits per heavy atom. The molecule has 0 aliphatic carbocycles. The molecule has 4 nitrogen and oxygen atoms in total. The topological polar surface area (TPSA) is 42.5 Å². The highest BCUT2D eigenvalue weighted by Gasteiger charge is 2.11. The van der Waals surface area contributed by atoms with E-state index in [1.54, 1.807) is 12.1 Å². The summed E-state index contributed by atoms with van der Waals surface area (Å²) in [5.41, 5.74) is 7.34. The Balaban J connectivity index is 2.30. The number of benzene rings is 1. The summed E-state index contributed by atoms with van der Waals surface area (Å²) in [6.07, 6.45) is -0.114. The third kappa shape index (κ3) is 8.57. The first kappa shape index (κ1) is 20.8. The predicted molar refractivity (Wildman–Crippen MR) is 92.6 cm³/mol. The Bertz CT molecular complexity index is 443. The van der Waals surface area contributed by atoms with Gasteiger partial charge in [0.25, 0.3) is 0 Å². The van der Waals surface area contributed by atoms with Gasteiger partial charge in [-0.2, -0.15) is 0 Å². The molecule has 138 valence electrons. The lowest BCUT2D eigenvalue weighted by molar-refractivity contribution is 0.107. The van der Waals surface area contributed by atoms with E-state index < -0.39 is 19.5 Å². The van der Waals surface area contributed by atoms with Crippen molar-refractivity contribution in [2.75, 3.05) is 33.1 Å². The number of alkyl halides is 2. The lowest BCUT2D eigenvalue weighted by atomic mass is 10.1. The molecule has 0 radical (unpaired) electrons. The summed E-state index contributed by atoms with van der Waals surface area (Å²) >= 11 is 0. The van der Waals surface area contributed by atoms with Gasteiger partial charge in [-0.3, -0.25) is 10.9 Å². The minimum absolute atomic E-state index is 0.0411. The fourth-order valence-corrected chi connectivity index (χ4v) is 2.04. The van der Waals surface area contributed by atoms with Crippen molar-refractivity contribution in [2.45, 2.75) is 39.3 Å². The van der Waals surface area contributed by atoms with E-state index in [0.29, 0.717) is 11.7 Å². The molecule has 24 heavy (non-hydrogen) atoms. The number of hydrazine groups is 1. The minimum atomic E-state index is -1.03. The van der Waals surface area contributed by atoms with Crippen LogP contribution in [0.25, 0.3) is 0 Å². The van der Waals surface area contributed by atoms with E-state index in [1.165, 1.54) is 0 Å². The molecule has 0 saturated carbocycles. The van der Waals surface area contributed by atoms with Crippen molar-refractivity contribution in [1.82, 2.24) is 10.9 Å². The molecule has 6 heteroatoms. The van der Waals surface area contributed by atoms with E-state index in [0.717, 1.165) is 31.7 Å². The number of rotatable bonds is 13. The lowest BCUT2D eigenvalue weighted by Crippen LogP contribution is -2.35. The van der Waals surface area contributed by atoms with Crippen LogP contribution in [-0.4, -0.2) is 39.2 Å². The zero-order valence-electron chi connectivity index (χ0n) is 14.9. The van der Waals surface area contributed by atoms with Crippen molar-refractivity contribution in [3.05, 3.63) is 29.8 Å². The Kier molecular flexibility index (Phi) is 10.5. The van der Waals surface area contributed by atoms with Gasteiger partial charge in [0.05, 0.1) is 0 Å². The van der Waals surface area contributed by atoms with Crippen molar-refractivity contribution in [3.63, 3.8) is 0 Å². The maximum absolute atomic E-state index is 12.5. The molecule has 2 N–H and O–H groups in total. The molecule has 0 aromatic heterocycles. The molecule has 1 unspecified atom stereocenters.